The SMILES string of the molecule is CCCOCCCNC(=O)C1CCNC(C)C1. The lowest BCUT2D eigenvalue weighted by Crippen LogP contribution is -2.42. The van der Waals surface area contributed by atoms with Crippen molar-refractivity contribution in [1.29, 1.82) is 0 Å². The van der Waals surface area contributed by atoms with Crippen LogP contribution < -0.4 is 10.6 Å². The Kier molecular flexibility index (Phi) is 7.21. The van der Waals surface area contributed by atoms with E-state index in [-0.39, 0.29) is 11.8 Å². The number of hydrogen-bond donors (Lipinski definition) is 2. The molecule has 2 atom stereocenters. The molecule has 17 heavy (non-hydrogen) atoms. The number of rotatable bonds is 7. The molecule has 0 aromatic carbocycles. The van der Waals surface area contributed by atoms with Gasteiger partial charge in [0.2, 0.25) is 5.91 Å². The summed E-state index contributed by atoms with van der Waals surface area (Å²) in [6.45, 7) is 7.49. The predicted molar refractivity (Wildman–Crippen MR) is 68.9 cm³/mol. The molecule has 1 aliphatic heterocycles. The van der Waals surface area contributed by atoms with Crippen LogP contribution in [0.15, 0.2) is 0 Å². The van der Waals surface area contributed by atoms with E-state index in [4.69, 9.17) is 4.74 Å². The van der Waals surface area contributed by atoms with Crippen molar-refractivity contribution in [2.45, 2.75) is 45.6 Å². The number of carbonyl (C=O) groups is 1. The third kappa shape index (κ3) is 6.03. The van der Waals surface area contributed by atoms with Gasteiger partial charge < -0.3 is 15.4 Å². The zero-order valence-electron chi connectivity index (χ0n) is 11.1. The van der Waals surface area contributed by atoms with E-state index < -0.39 is 0 Å². The molecule has 1 heterocycles. The van der Waals surface area contributed by atoms with E-state index in [0.717, 1.165) is 52.0 Å². The highest BCUT2D eigenvalue weighted by Gasteiger charge is 2.23. The number of ether oxygens (including phenoxy) is 1. The number of nitrogens with one attached hydrogen (secondary N) is 2. The molecule has 100 valence electrons. The van der Waals surface area contributed by atoms with Crippen LogP contribution in [-0.4, -0.2) is 38.3 Å². The fraction of sp³-hybridized carbons (Fsp3) is 0.923. The lowest BCUT2D eigenvalue weighted by Gasteiger charge is -2.27. The molecule has 0 aromatic rings. The van der Waals surface area contributed by atoms with Gasteiger partial charge in [0.05, 0.1) is 0 Å². The van der Waals surface area contributed by atoms with Crippen LogP contribution in [0.4, 0.5) is 0 Å². The monoisotopic (exact) mass is 242 g/mol. The maximum atomic E-state index is 11.9. The van der Waals surface area contributed by atoms with Gasteiger partial charge in [0.1, 0.15) is 0 Å². The first-order valence-corrected chi connectivity index (χ1v) is 6.83. The van der Waals surface area contributed by atoms with Crippen molar-refractivity contribution in [3.8, 4) is 0 Å². The Labute approximate surface area is 104 Å². The molecule has 0 radical (unpaired) electrons. The minimum absolute atomic E-state index is 0.197. The molecule has 0 spiro atoms. The lowest BCUT2D eigenvalue weighted by atomic mass is 9.92. The fourth-order valence-corrected chi connectivity index (χ4v) is 2.15. The fourth-order valence-electron chi connectivity index (χ4n) is 2.15. The highest BCUT2D eigenvalue weighted by atomic mass is 16.5. The van der Waals surface area contributed by atoms with Crippen molar-refractivity contribution in [2.24, 2.45) is 5.92 Å². The van der Waals surface area contributed by atoms with E-state index in [2.05, 4.69) is 24.5 Å². The van der Waals surface area contributed by atoms with Crippen molar-refractivity contribution in [2.75, 3.05) is 26.3 Å². The van der Waals surface area contributed by atoms with E-state index in [0.29, 0.717) is 6.04 Å². The van der Waals surface area contributed by atoms with Gasteiger partial charge in [-0.2, -0.15) is 0 Å². The summed E-state index contributed by atoms with van der Waals surface area (Å²) in [7, 11) is 0. The molecule has 1 fully saturated rings. The summed E-state index contributed by atoms with van der Waals surface area (Å²) in [5.41, 5.74) is 0. The maximum absolute atomic E-state index is 11.9. The third-order valence-electron chi connectivity index (χ3n) is 3.11. The summed E-state index contributed by atoms with van der Waals surface area (Å²) in [6, 6.07) is 0.465. The second kappa shape index (κ2) is 8.48. The molecule has 1 saturated heterocycles. The van der Waals surface area contributed by atoms with Crippen LogP contribution in [0.2, 0.25) is 0 Å². The summed E-state index contributed by atoms with van der Waals surface area (Å²) in [6.07, 6.45) is 3.88. The maximum Gasteiger partial charge on any atom is 0.223 e. The largest absolute Gasteiger partial charge is 0.381 e. The minimum Gasteiger partial charge on any atom is -0.381 e. The molecular weight excluding hydrogens is 216 g/mol. The van der Waals surface area contributed by atoms with Gasteiger partial charge in [-0.05, 0) is 39.2 Å². The van der Waals surface area contributed by atoms with Gasteiger partial charge in [-0.3, -0.25) is 4.79 Å². The Balaban J connectivity index is 2.04. The molecule has 4 nitrogen and oxygen atoms in total. The molecule has 1 aliphatic rings. The molecule has 0 aliphatic carbocycles. The first-order valence-electron chi connectivity index (χ1n) is 6.83. The van der Waals surface area contributed by atoms with E-state index in [1.165, 1.54) is 0 Å². The van der Waals surface area contributed by atoms with Crippen molar-refractivity contribution >= 4 is 5.91 Å². The summed E-state index contributed by atoms with van der Waals surface area (Å²) in [5.74, 6) is 0.414. The van der Waals surface area contributed by atoms with Crippen LogP contribution >= 0.6 is 0 Å². The van der Waals surface area contributed by atoms with Crippen molar-refractivity contribution in [3.63, 3.8) is 0 Å². The van der Waals surface area contributed by atoms with E-state index in [1.54, 1.807) is 0 Å². The summed E-state index contributed by atoms with van der Waals surface area (Å²) < 4.78 is 5.37. The number of amides is 1. The average molecular weight is 242 g/mol. The van der Waals surface area contributed by atoms with Gasteiger partial charge in [-0.1, -0.05) is 6.92 Å². The second-order valence-electron chi connectivity index (χ2n) is 4.83. The van der Waals surface area contributed by atoms with Crippen molar-refractivity contribution < 1.29 is 9.53 Å². The Bertz CT molecular complexity index is 221. The summed E-state index contributed by atoms with van der Waals surface area (Å²) in [5, 5.41) is 6.36. The highest BCUT2D eigenvalue weighted by molar-refractivity contribution is 5.78. The first kappa shape index (κ1) is 14.5. The molecule has 1 amide bonds. The minimum atomic E-state index is 0.197. The molecular formula is C13H26N2O2. The predicted octanol–water partition coefficient (Wildman–Crippen LogP) is 1.31. The smallest absolute Gasteiger partial charge is 0.223 e. The number of piperidine rings is 1. The zero-order valence-corrected chi connectivity index (χ0v) is 11.1. The Hall–Kier alpha value is -0.610. The van der Waals surface area contributed by atoms with E-state index in [9.17, 15) is 4.79 Å². The van der Waals surface area contributed by atoms with Gasteiger partial charge in [-0.25, -0.2) is 0 Å². The summed E-state index contributed by atoms with van der Waals surface area (Å²) in [4.78, 5) is 11.9. The van der Waals surface area contributed by atoms with Crippen LogP contribution in [-0.2, 0) is 9.53 Å². The van der Waals surface area contributed by atoms with E-state index >= 15 is 0 Å². The molecule has 2 N–H and O–H groups in total. The van der Waals surface area contributed by atoms with Crippen LogP contribution in [0.5, 0.6) is 0 Å². The Morgan fingerprint density at radius 2 is 2.29 bits per heavy atom. The van der Waals surface area contributed by atoms with Crippen LogP contribution in [0.25, 0.3) is 0 Å². The van der Waals surface area contributed by atoms with Crippen LogP contribution in [0, 0.1) is 5.92 Å². The van der Waals surface area contributed by atoms with Gasteiger partial charge in [0.15, 0.2) is 0 Å². The molecule has 2 unspecified atom stereocenters. The molecule has 4 heteroatoms. The first-order chi connectivity index (χ1) is 8.24. The Morgan fingerprint density at radius 3 is 3.00 bits per heavy atom. The second-order valence-corrected chi connectivity index (χ2v) is 4.83. The van der Waals surface area contributed by atoms with E-state index in [1.807, 2.05) is 0 Å². The quantitative estimate of drug-likeness (QED) is 0.662. The van der Waals surface area contributed by atoms with Gasteiger partial charge in [0, 0.05) is 31.7 Å². The third-order valence-corrected chi connectivity index (χ3v) is 3.11. The Morgan fingerprint density at radius 1 is 1.47 bits per heavy atom. The normalized spacial score (nSPS) is 24.6. The standard InChI is InChI=1S/C13H26N2O2/c1-3-8-17-9-4-6-15-13(16)12-5-7-14-11(2)10-12/h11-12,14H,3-10H2,1-2H3,(H,15,16). The number of carbonyl (C=O) groups excluding carboxylic acids is 1. The van der Waals surface area contributed by atoms with Gasteiger partial charge >= 0.3 is 0 Å². The molecule has 0 aromatic heterocycles. The molecule has 1 rings (SSSR count). The highest BCUT2D eigenvalue weighted by Crippen LogP contribution is 2.15. The summed E-state index contributed by atoms with van der Waals surface area (Å²) >= 11 is 0. The van der Waals surface area contributed by atoms with Crippen LogP contribution in [0.3, 0.4) is 0 Å². The topological polar surface area (TPSA) is 50.4 Å². The zero-order chi connectivity index (χ0) is 12.5. The molecule has 0 saturated carbocycles. The van der Waals surface area contributed by atoms with Gasteiger partial charge in [0.25, 0.3) is 0 Å². The number of hydrogen-bond acceptors (Lipinski definition) is 3. The average Bonchev–Trinajstić information content (AvgIpc) is 2.33. The lowest BCUT2D eigenvalue weighted by molar-refractivity contribution is -0.126. The van der Waals surface area contributed by atoms with Crippen molar-refractivity contribution in [1.82, 2.24) is 10.6 Å². The molecule has 0 bridgehead atoms. The van der Waals surface area contributed by atoms with Crippen LogP contribution in [0.1, 0.15) is 39.5 Å². The van der Waals surface area contributed by atoms with Gasteiger partial charge in [-0.15, -0.1) is 0 Å². The van der Waals surface area contributed by atoms with Crippen molar-refractivity contribution in [3.05, 3.63) is 0 Å².